The molecule has 12 nitrogen and oxygen atoms in total. The summed E-state index contributed by atoms with van der Waals surface area (Å²) in [6, 6.07) is 7.38. The molecule has 0 amide bonds. The van der Waals surface area contributed by atoms with Gasteiger partial charge in [0.05, 0.1) is 12.8 Å². The van der Waals surface area contributed by atoms with Crippen LogP contribution in [0.25, 0.3) is 0 Å². The Bertz CT molecular complexity index is 1440. The smallest absolute Gasteiger partial charge is 0.312 e. The van der Waals surface area contributed by atoms with Gasteiger partial charge < -0.3 is 28.4 Å². The van der Waals surface area contributed by atoms with Crippen LogP contribution in [0.3, 0.4) is 0 Å². The van der Waals surface area contributed by atoms with E-state index in [0.717, 1.165) is 62.5 Å². The van der Waals surface area contributed by atoms with E-state index in [1.54, 1.807) is 0 Å². The number of hydrogen-bond acceptors (Lipinski definition) is 12. The highest BCUT2D eigenvalue weighted by atomic mass is 17.3. The molecule has 10 aliphatic rings. The van der Waals surface area contributed by atoms with E-state index in [2.05, 4.69) is 27.7 Å². The highest BCUT2D eigenvalue weighted by Gasteiger charge is 2.71. The molecule has 52 heavy (non-hydrogen) atoms. The average molecular weight is 727 g/mol. The van der Waals surface area contributed by atoms with Gasteiger partial charge >= 0.3 is 11.9 Å². The fourth-order valence-corrected chi connectivity index (χ4v) is 11.5. The van der Waals surface area contributed by atoms with Gasteiger partial charge in [-0.1, -0.05) is 52.0 Å². The molecule has 8 heterocycles. The first-order valence-electron chi connectivity index (χ1n) is 19.7. The van der Waals surface area contributed by atoms with Crippen molar-refractivity contribution in [2.24, 2.45) is 47.3 Å². The third-order valence-electron chi connectivity index (χ3n) is 14.4. The third-order valence-corrected chi connectivity index (χ3v) is 14.4. The maximum Gasteiger partial charge on any atom is 0.312 e. The molecule has 286 valence electrons. The molecule has 10 fully saturated rings. The summed E-state index contributed by atoms with van der Waals surface area (Å²) < 4.78 is 37.6. The van der Waals surface area contributed by atoms with Crippen LogP contribution in [0.4, 0.5) is 0 Å². The van der Waals surface area contributed by atoms with Gasteiger partial charge in [0.25, 0.3) is 0 Å². The van der Waals surface area contributed by atoms with Gasteiger partial charge in [0.2, 0.25) is 24.2 Å². The molecular formula is C40H54O12. The average Bonchev–Trinajstić information content (AvgIpc) is 3.48. The summed E-state index contributed by atoms with van der Waals surface area (Å²) in [7, 11) is 0. The lowest BCUT2D eigenvalue weighted by Crippen LogP contribution is -2.70. The second kappa shape index (κ2) is 12.7. The number of ether oxygens (including phenoxy) is 6. The maximum atomic E-state index is 13.3. The van der Waals surface area contributed by atoms with Crippen molar-refractivity contribution in [3.8, 4) is 0 Å². The van der Waals surface area contributed by atoms with Crippen molar-refractivity contribution in [2.75, 3.05) is 0 Å². The molecule has 16 atom stereocenters. The summed E-state index contributed by atoms with van der Waals surface area (Å²) in [6.45, 7) is 12.4. The number of esters is 2. The van der Waals surface area contributed by atoms with Gasteiger partial charge in [0.15, 0.2) is 23.8 Å². The number of hydrogen-bond donors (Lipinski definition) is 0. The van der Waals surface area contributed by atoms with Crippen LogP contribution >= 0.6 is 0 Å². The van der Waals surface area contributed by atoms with Gasteiger partial charge in [0, 0.05) is 36.5 Å². The Labute approximate surface area is 305 Å². The van der Waals surface area contributed by atoms with E-state index in [1.807, 2.05) is 38.1 Å². The Hall–Kier alpha value is -2.16. The number of carbonyl (C=O) groups excluding carboxylic acids is 2. The van der Waals surface area contributed by atoms with Gasteiger partial charge in [-0.25, -0.2) is 19.6 Å². The van der Waals surface area contributed by atoms with E-state index >= 15 is 0 Å². The zero-order valence-corrected chi connectivity index (χ0v) is 31.2. The summed E-state index contributed by atoms with van der Waals surface area (Å²) >= 11 is 0. The van der Waals surface area contributed by atoms with E-state index in [1.165, 1.54) is 0 Å². The lowest BCUT2D eigenvalue weighted by molar-refractivity contribution is -0.576. The largest absolute Gasteiger partial charge is 0.435 e. The molecule has 2 aliphatic carbocycles. The van der Waals surface area contributed by atoms with Crippen molar-refractivity contribution in [3.63, 3.8) is 0 Å². The van der Waals surface area contributed by atoms with E-state index in [4.69, 9.17) is 48.0 Å². The number of benzene rings is 1. The van der Waals surface area contributed by atoms with Crippen LogP contribution < -0.4 is 0 Å². The highest BCUT2D eigenvalue weighted by Crippen LogP contribution is 2.62. The second-order valence-electron chi connectivity index (χ2n) is 17.7. The summed E-state index contributed by atoms with van der Waals surface area (Å²) in [4.78, 5) is 50.8. The molecule has 11 rings (SSSR count). The molecule has 2 saturated carbocycles. The summed E-state index contributed by atoms with van der Waals surface area (Å²) in [6.07, 6.45) is 4.57. The van der Waals surface area contributed by atoms with Crippen molar-refractivity contribution < 1.29 is 57.6 Å². The van der Waals surface area contributed by atoms with Gasteiger partial charge in [0.1, 0.15) is 0 Å². The number of fused-ring (bicyclic) bond motifs is 4. The first-order valence-corrected chi connectivity index (χ1v) is 19.7. The summed E-state index contributed by atoms with van der Waals surface area (Å²) in [5, 5.41) is 0. The topological polar surface area (TPSA) is 126 Å². The summed E-state index contributed by atoms with van der Waals surface area (Å²) in [5.74, 6) is -1.25. The molecule has 1 aromatic rings. The van der Waals surface area contributed by atoms with Crippen LogP contribution in [-0.2, 0) is 70.4 Å². The standard InChI is InChI=1S/C40H54O12/c1-21-7-13-29-23(3)33(45-35-39(29)27(21)15-17-37(5,47-35)49-51-39)43-31(41)19-25-9-11-26(12-10-25)20-32(42)44-34-24(4)30-14-8-22(2)28-16-18-38(6)48-36(46-34)40(28,30)52-50-38/h9-12,21-24,27-30,33-36H,7-8,13-20H2,1-6H3/t21-,22-,23-,24-,27+,28+,29+,30+,33+,34+,35-,36-,37+,38+,39-,40-/m1/s1. The minimum absolute atomic E-state index is 0.0674. The molecule has 0 unspecified atom stereocenters. The lowest BCUT2D eigenvalue weighted by Gasteiger charge is -2.59. The van der Waals surface area contributed by atoms with Gasteiger partial charge in [-0.2, -0.15) is 0 Å². The van der Waals surface area contributed by atoms with Crippen LogP contribution in [0.1, 0.15) is 104 Å². The van der Waals surface area contributed by atoms with Crippen LogP contribution in [0, 0.1) is 47.3 Å². The normalized spacial score (nSPS) is 50.3. The molecule has 0 aromatic heterocycles. The molecule has 12 heteroatoms. The minimum Gasteiger partial charge on any atom is -0.435 e. The Morgan fingerprint density at radius 2 is 1.00 bits per heavy atom. The Morgan fingerprint density at radius 3 is 1.40 bits per heavy atom. The molecule has 2 spiro atoms. The quantitative estimate of drug-likeness (QED) is 0.242. The van der Waals surface area contributed by atoms with E-state index < -0.39 is 47.9 Å². The van der Waals surface area contributed by atoms with E-state index in [0.29, 0.717) is 11.8 Å². The zero-order valence-electron chi connectivity index (χ0n) is 31.2. The maximum absolute atomic E-state index is 13.3. The van der Waals surface area contributed by atoms with Crippen LogP contribution in [-0.4, -0.2) is 59.9 Å². The van der Waals surface area contributed by atoms with E-state index in [9.17, 15) is 9.59 Å². The molecule has 1 aromatic carbocycles. The fourth-order valence-electron chi connectivity index (χ4n) is 11.5. The molecule has 0 N–H and O–H groups in total. The molecule has 4 bridgehead atoms. The second-order valence-corrected chi connectivity index (χ2v) is 17.7. The van der Waals surface area contributed by atoms with Crippen molar-refractivity contribution in [1.29, 1.82) is 0 Å². The van der Waals surface area contributed by atoms with Crippen molar-refractivity contribution in [1.82, 2.24) is 0 Å². The third kappa shape index (κ3) is 5.52. The Balaban J connectivity index is 0.815. The van der Waals surface area contributed by atoms with Gasteiger partial charge in [-0.05, 0) is 87.2 Å². The Kier molecular flexibility index (Phi) is 8.67. The van der Waals surface area contributed by atoms with Gasteiger partial charge in [-0.3, -0.25) is 9.59 Å². The molecule has 0 radical (unpaired) electrons. The monoisotopic (exact) mass is 726 g/mol. The Morgan fingerprint density at radius 1 is 0.596 bits per heavy atom. The number of carbonyl (C=O) groups is 2. The van der Waals surface area contributed by atoms with Crippen LogP contribution in [0.2, 0.25) is 0 Å². The zero-order chi connectivity index (χ0) is 36.2. The van der Waals surface area contributed by atoms with Crippen molar-refractivity contribution in [3.05, 3.63) is 35.4 Å². The first kappa shape index (κ1) is 35.5. The predicted molar refractivity (Wildman–Crippen MR) is 180 cm³/mol. The van der Waals surface area contributed by atoms with Crippen LogP contribution in [0.5, 0.6) is 0 Å². The van der Waals surface area contributed by atoms with Gasteiger partial charge in [-0.15, -0.1) is 0 Å². The predicted octanol–water partition coefficient (Wildman–Crippen LogP) is 6.27. The van der Waals surface area contributed by atoms with Crippen molar-refractivity contribution in [2.45, 2.75) is 154 Å². The minimum atomic E-state index is -0.894. The summed E-state index contributed by atoms with van der Waals surface area (Å²) in [5.41, 5.74) is 0.125. The van der Waals surface area contributed by atoms with Crippen molar-refractivity contribution >= 4 is 11.9 Å². The molecule has 8 aliphatic heterocycles. The fraction of sp³-hybridized carbons (Fsp3) is 0.800. The van der Waals surface area contributed by atoms with Crippen LogP contribution in [0.15, 0.2) is 24.3 Å². The molecular weight excluding hydrogens is 672 g/mol. The molecule has 8 saturated heterocycles. The SMILES string of the molecule is C[C@H]1[C@@H](OC(=O)Cc2ccc(CC(=O)O[C@H]3O[C@@H]4O[C@]5(C)CC[C@H]6[C@H](C)CC[C@@H]([C@H]3C)[C@@]46OO5)cc2)O[C@@H]2O[C@]3(C)CC[C@H]4[C@H](C)CC[C@@H]1[C@@]24OO3. The lowest BCUT2D eigenvalue weighted by atomic mass is 9.58. The van der Waals surface area contributed by atoms with E-state index in [-0.39, 0.29) is 60.3 Å². The first-order chi connectivity index (χ1) is 24.8. The highest BCUT2D eigenvalue weighted by molar-refractivity contribution is 5.74. The number of rotatable bonds is 6.